The minimum absolute atomic E-state index is 0.0757. The van der Waals surface area contributed by atoms with Crippen LogP contribution >= 0.6 is 0 Å². The van der Waals surface area contributed by atoms with Crippen LogP contribution in [0.5, 0.6) is 0 Å². The van der Waals surface area contributed by atoms with Gasteiger partial charge in [0.1, 0.15) is 11.4 Å². The van der Waals surface area contributed by atoms with Gasteiger partial charge >= 0.3 is 0 Å². The molecule has 0 aromatic heterocycles. The van der Waals surface area contributed by atoms with Crippen LogP contribution in [0.1, 0.15) is 6.42 Å². The number of piperazine rings is 1. The summed E-state index contributed by atoms with van der Waals surface area (Å²) in [5, 5.41) is 11.7. The van der Waals surface area contributed by atoms with E-state index in [-0.39, 0.29) is 12.0 Å². The maximum atomic E-state index is 11.6. The van der Waals surface area contributed by atoms with E-state index in [1.54, 1.807) is 0 Å². The average Bonchev–Trinajstić information content (AvgIpc) is 2.39. The summed E-state index contributed by atoms with van der Waals surface area (Å²) in [6.07, 6.45) is 0.570. The normalized spacial score (nSPS) is 17.3. The molecule has 6 heteroatoms. The molecule has 0 unspecified atom stereocenters. The van der Waals surface area contributed by atoms with Gasteiger partial charge < -0.3 is 20.2 Å². The SMILES string of the molecule is CN1CCN(c2c(NCCCO)c(=O)c2=O)CC1. The van der Waals surface area contributed by atoms with E-state index in [1.807, 2.05) is 11.9 Å². The van der Waals surface area contributed by atoms with Crippen molar-refractivity contribution in [2.45, 2.75) is 6.42 Å². The molecule has 18 heavy (non-hydrogen) atoms. The maximum absolute atomic E-state index is 11.6. The van der Waals surface area contributed by atoms with E-state index in [9.17, 15) is 9.59 Å². The van der Waals surface area contributed by atoms with Crippen LogP contribution in [0.2, 0.25) is 0 Å². The molecule has 100 valence electrons. The number of nitrogens with zero attached hydrogens (tertiary/aromatic N) is 2. The molecule has 0 radical (unpaired) electrons. The molecule has 0 aliphatic carbocycles. The summed E-state index contributed by atoms with van der Waals surface area (Å²) in [5.74, 6) is 0. The standard InChI is InChI=1S/C12H19N3O3/c1-14-4-6-15(7-5-14)10-9(11(17)12(10)18)13-3-2-8-16/h13,16H,2-8H2,1H3. The Hall–Kier alpha value is -1.40. The van der Waals surface area contributed by atoms with Gasteiger partial charge in [-0.2, -0.15) is 0 Å². The highest BCUT2D eigenvalue weighted by Crippen LogP contribution is 2.21. The first kappa shape index (κ1) is 13.0. The quantitative estimate of drug-likeness (QED) is 0.509. The summed E-state index contributed by atoms with van der Waals surface area (Å²) in [7, 11) is 2.04. The lowest BCUT2D eigenvalue weighted by Gasteiger charge is -2.35. The van der Waals surface area contributed by atoms with Crippen molar-refractivity contribution in [3.8, 4) is 0 Å². The van der Waals surface area contributed by atoms with Crippen molar-refractivity contribution in [3.05, 3.63) is 20.4 Å². The van der Waals surface area contributed by atoms with Gasteiger partial charge in [0.25, 0.3) is 10.9 Å². The molecule has 1 saturated heterocycles. The molecule has 1 aromatic carbocycles. The molecule has 0 spiro atoms. The van der Waals surface area contributed by atoms with Crippen LogP contribution in [0.3, 0.4) is 0 Å². The van der Waals surface area contributed by atoms with E-state index in [0.717, 1.165) is 26.2 Å². The van der Waals surface area contributed by atoms with Crippen molar-refractivity contribution in [3.63, 3.8) is 0 Å². The monoisotopic (exact) mass is 253 g/mol. The lowest BCUT2D eigenvalue weighted by Crippen LogP contribution is -2.50. The Bertz CT molecular complexity index is 471. The molecule has 6 nitrogen and oxygen atoms in total. The van der Waals surface area contributed by atoms with Gasteiger partial charge in [-0.3, -0.25) is 9.59 Å². The minimum atomic E-state index is -0.429. The van der Waals surface area contributed by atoms with Gasteiger partial charge in [-0.15, -0.1) is 0 Å². The third-order valence-corrected chi connectivity index (χ3v) is 3.34. The summed E-state index contributed by atoms with van der Waals surface area (Å²) < 4.78 is 0. The Kier molecular flexibility index (Phi) is 3.98. The van der Waals surface area contributed by atoms with Crippen LogP contribution in [0.15, 0.2) is 9.59 Å². The van der Waals surface area contributed by atoms with Crippen LogP contribution < -0.4 is 21.1 Å². The Morgan fingerprint density at radius 2 is 1.83 bits per heavy atom. The molecule has 2 N–H and O–H groups in total. The average molecular weight is 253 g/mol. The van der Waals surface area contributed by atoms with Gasteiger partial charge in [-0.1, -0.05) is 0 Å². The molecule has 0 bridgehead atoms. The molecule has 0 saturated carbocycles. The molecule has 0 atom stereocenters. The van der Waals surface area contributed by atoms with Crippen molar-refractivity contribution in [2.75, 3.05) is 56.6 Å². The van der Waals surface area contributed by atoms with E-state index in [0.29, 0.717) is 24.3 Å². The number of nitrogens with one attached hydrogen (secondary N) is 1. The predicted molar refractivity (Wildman–Crippen MR) is 71.3 cm³/mol. The van der Waals surface area contributed by atoms with E-state index in [2.05, 4.69) is 10.2 Å². The van der Waals surface area contributed by atoms with Gasteiger partial charge in [-0.05, 0) is 13.5 Å². The smallest absolute Gasteiger partial charge is 0.253 e. The van der Waals surface area contributed by atoms with E-state index < -0.39 is 5.43 Å². The highest BCUT2D eigenvalue weighted by molar-refractivity contribution is 5.75. The van der Waals surface area contributed by atoms with Crippen molar-refractivity contribution in [2.24, 2.45) is 0 Å². The fourth-order valence-corrected chi connectivity index (χ4v) is 2.17. The second-order valence-electron chi connectivity index (χ2n) is 4.68. The fraction of sp³-hybridized carbons (Fsp3) is 0.667. The zero-order valence-electron chi connectivity index (χ0n) is 10.6. The zero-order chi connectivity index (χ0) is 13.1. The summed E-state index contributed by atoms with van der Waals surface area (Å²) in [5.41, 5.74) is 0.150. The van der Waals surface area contributed by atoms with Gasteiger partial charge in [0.15, 0.2) is 0 Å². The first-order chi connectivity index (χ1) is 8.65. The van der Waals surface area contributed by atoms with Crippen LogP contribution in [0, 0.1) is 0 Å². The topological polar surface area (TPSA) is 72.9 Å². The lowest BCUT2D eigenvalue weighted by molar-refractivity contribution is 0.292. The predicted octanol–water partition coefficient (Wildman–Crippen LogP) is -1.17. The van der Waals surface area contributed by atoms with E-state index >= 15 is 0 Å². The fourth-order valence-electron chi connectivity index (χ4n) is 2.17. The van der Waals surface area contributed by atoms with E-state index in [1.165, 1.54) is 0 Å². The highest BCUT2D eigenvalue weighted by atomic mass is 16.3. The molecule has 1 heterocycles. The Balaban J connectivity index is 2.06. The zero-order valence-corrected chi connectivity index (χ0v) is 10.6. The number of hydrogen-bond acceptors (Lipinski definition) is 6. The van der Waals surface area contributed by atoms with Crippen LogP contribution in [-0.2, 0) is 0 Å². The molecule has 2 rings (SSSR count). The van der Waals surface area contributed by atoms with Crippen molar-refractivity contribution < 1.29 is 5.11 Å². The number of rotatable bonds is 5. The third kappa shape index (κ3) is 2.39. The molecule has 1 aliphatic heterocycles. The largest absolute Gasteiger partial charge is 0.396 e. The molecular formula is C12H19N3O3. The summed E-state index contributed by atoms with van der Waals surface area (Å²) in [4.78, 5) is 27.3. The Morgan fingerprint density at radius 3 is 2.44 bits per heavy atom. The van der Waals surface area contributed by atoms with Crippen LogP contribution in [-0.4, -0.2) is 56.4 Å². The molecule has 1 fully saturated rings. The minimum Gasteiger partial charge on any atom is -0.396 e. The van der Waals surface area contributed by atoms with E-state index in [4.69, 9.17) is 5.11 Å². The number of aliphatic hydroxyl groups is 1. The second kappa shape index (κ2) is 5.49. The Labute approximate surface area is 106 Å². The number of aliphatic hydroxyl groups excluding tert-OH is 1. The third-order valence-electron chi connectivity index (χ3n) is 3.34. The molecular weight excluding hydrogens is 234 g/mol. The van der Waals surface area contributed by atoms with Gasteiger partial charge in [-0.25, -0.2) is 0 Å². The van der Waals surface area contributed by atoms with Gasteiger partial charge in [0.2, 0.25) is 0 Å². The molecule has 1 aliphatic rings. The summed E-state index contributed by atoms with van der Waals surface area (Å²) >= 11 is 0. The summed E-state index contributed by atoms with van der Waals surface area (Å²) in [6, 6.07) is 0. The number of hydrogen-bond donors (Lipinski definition) is 2. The number of anilines is 2. The van der Waals surface area contributed by atoms with Crippen LogP contribution in [0.25, 0.3) is 0 Å². The maximum Gasteiger partial charge on any atom is 0.253 e. The summed E-state index contributed by atoms with van der Waals surface area (Å²) in [6.45, 7) is 3.93. The molecule has 1 aromatic rings. The first-order valence-corrected chi connectivity index (χ1v) is 6.26. The van der Waals surface area contributed by atoms with Gasteiger partial charge in [0.05, 0.1) is 0 Å². The van der Waals surface area contributed by atoms with Crippen molar-refractivity contribution in [1.29, 1.82) is 0 Å². The first-order valence-electron chi connectivity index (χ1n) is 6.26. The highest BCUT2D eigenvalue weighted by Gasteiger charge is 2.27. The van der Waals surface area contributed by atoms with Crippen molar-refractivity contribution in [1.82, 2.24) is 4.90 Å². The second-order valence-corrected chi connectivity index (χ2v) is 4.68. The van der Waals surface area contributed by atoms with Crippen LogP contribution in [0.4, 0.5) is 11.4 Å². The molecule has 0 amide bonds. The number of likely N-dealkylation sites (N-methyl/N-ethyl adjacent to an activating group) is 1. The van der Waals surface area contributed by atoms with Gasteiger partial charge in [0, 0.05) is 39.3 Å². The lowest BCUT2D eigenvalue weighted by atomic mass is 10.1. The van der Waals surface area contributed by atoms with Crippen molar-refractivity contribution >= 4 is 11.4 Å². The Morgan fingerprint density at radius 1 is 1.17 bits per heavy atom.